The van der Waals surface area contributed by atoms with E-state index in [-0.39, 0.29) is 22.5 Å². The number of nitrogens with zero attached hydrogens (tertiary/aromatic N) is 5. The van der Waals surface area contributed by atoms with E-state index in [0.29, 0.717) is 17.1 Å². The minimum atomic E-state index is -0.646. The van der Waals surface area contributed by atoms with Gasteiger partial charge in [-0.1, -0.05) is 0 Å². The fraction of sp³-hybridized carbons (Fsp3) is 0.167. The van der Waals surface area contributed by atoms with Gasteiger partial charge in [-0.3, -0.25) is 20.2 Å². The van der Waals surface area contributed by atoms with Gasteiger partial charge in [0.15, 0.2) is 23.4 Å². The van der Waals surface area contributed by atoms with Crippen LogP contribution in [-0.4, -0.2) is 52.2 Å². The van der Waals surface area contributed by atoms with Crippen LogP contribution in [0.2, 0.25) is 0 Å². The maximum atomic E-state index is 11.8. The highest BCUT2D eigenvalue weighted by Crippen LogP contribution is 2.28. The molecule has 0 radical (unpaired) electrons. The first-order valence-electron chi connectivity index (χ1n) is 8.77. The monoisotopic (exact) mass is 460 g/mol. The molecule has 0 atom stereocenters. The number of nitrogens with one attached hydrogen (secondary N) is 1. The molecule has 1 aromatic heterocycles. The zero-order valence-electron chi connectivity index (χ0n) is 16.8. The average Bonchev–Trinajstić information content (AvgIpc) is 3.39. The number of amides is 1. The zero-order valence-corrected chi connectivity index (χ0v) is 17.6. The van der Waals surface area contributed by atoms with Crippen molar-refractivity contribution in [2.45, 2.75) is 6.73 Å². The number of esters is 1. The number of thioether (sulfide) groups is 1. The smallest absolute Gasteiger partial charge is 0.331 e. The second kappa shape index (κ2) is 10.2. The molecule has 13 nitrogen and oxygen atoms in total. The fourth-order valence-electron chi connectivity index (χ4n) is 2.33. The lowest BCUT2D eigenvalue weighted by atomic mass is 10.2. The summed E-state index contributed by atoms with van der Waals surface area (Å²) >= 11 is 0.956. The van der Waals surface area contributed by atoms with E-state index >= 15 is 0 Å². The van der Waals surface area contributed by atoms with Gasteiger partial charge in [-0.2, -0.15) is 10.2 Å². The molecule has 1 aliphatic heterocycles. The highest BCUT2D eigenvalue weighted by Gasteiger charge is 2.25. The molecule has 14 heteroatoms. The lowest BCUT2D eigenvalue weighted by molar-refractivity contribution is -0.385. The number of rotatable bonds is 8. The van der Waals surface area contributed by atoms with Crippen LogP contribution >= 0.6 is 11.8 Å². The number of carbonyl (C=O) groups is 2. The van der Waals surface area contributed by atoms with Crippen molar-refractivity contribution in [3.05, 3.63) is 57.3 Å². The van der Waals surface area contributed by atoms with Gasteiger partial charge >= 0.3 is 11.7 Å². The molecule has 0 bridgehead atoms. The second-order valence-corrected chi connectivity index (χ2v) is 6.95. The predicted octanol–water partition coefficient (Wildman–Crippen LogP) is 1.45. The van der Waals surface area contributed by atoms with Crippen molar-refractivity contribution >= 4 is 40.7 Å². The minimum Gasteiger partial charge on any atom is -0.493 e. The molecule has 1 fully saturated rings. The summed E-state index contributed by atoms with van der Waals surface area (Å²) in [4.78, 5) is 33.3. The van der Waals surface area contributed by atoms with Crippen LogP contribution < -0.4 is 14.8 Å². The van der Waals surface area contributed by atoms with Crippen LogP contribution in [0.4, 0.5) is 5.69 Å². The van der Waals surface area contributed by atoms with Crippen molar-refractivity contribution in [3.8, 4) is 11.5 Å². The van der Waals surface area contributed by atoms with E-state index in [2.05, 4.69) is 25.4 Å². The topological polar surface area (TPSA) is 160 Å². The van der Waals surface area contributed by atoms with Gasteiger partial charge in [0, 0.05) is 6.08 Å². The zero-order chi connectivity index (χ0) is 23.1. The van der Waals surface area contributed by atoms with Crippen LogP contribution in [-0.2, 0) is 21.1 Å². The predicted molar refractivity (Wildman–Crippen MR) is 113 cm³/mol. The number of hydrogen-bond acceptors (Lipinski definition) is 11. The Morgan fingerprint density at radius 1 is 1.38 bits per heavy atom. The minimum absolute atomic E-state index is 0.0519. The Kier molecular flexibility index (Phi) is 7.17. The number of methoxy groups -OCH3 is 2. The van der Waals surface area contributed by atoms with Crippen molar-refractivity contribution in [1.29, 1.82) is 0 Å². The Balaban J connectivity index is 1.64. The lowest BCUT2D eigenvalue weighted by Gasteiger charge is -2.10. The summed E-state index contributed by atoms with van der Waals surface area (Å²) in [7, 11) is 2.67. The van der Waals surface area contributed by atoms with Crippen LogP contribution in [0.25, 0.3) is 0 Å². The normalized spacial score (nSPS) is 15.9. The molecule has 2 aromatic rings. The van der Waals surface area contributed by atoms with Crippen molar-refractivity contribution in [3.63, 3.8) is 0 Å². The second-order valence-electron chi connectivity index (χ2n) is 5.92. The number of hydrogen-bond donors (Lipinski definition) is 1. The molecule has 1 N–H and O–H groups in total. The Hall–Kier alpha value is -4.20. The summed E-state index contributed by atoms with van der Waals surface area (Å²) < 4.78 is 16.7. The van der Waals surface area contributed by atoms with Crippen LogP contribution in [0.15, 0.2) is 51.8 Å². The first-order chi connectivity index (χ1) is 15.4. The molecule has 0 aliphatic carbocycles. The largest absolute Gasteiger partial charge is 0.493 e. The molecule has 1 aliphatic rings. The third-order valence-corrected chi connectivity index (χ3v) is 4.73. The van der Waals surface area contributed by atoms with Gasteiger partial charge in [-0.25, -0.2) is 9.48 Å². The van der Waals surface area contributed by atoms with Crippen molar-refractivity contribution in [2.75, 3.05) is 14.2 Å². The number of amidine groups is 1. The van der Waals surface area contributed by atoms with E-state index in [1.807, 2.05) is 0 Å². The van der Waals surface area contributed by atoms with Crippen molar-refractivity contribution in [1.82, 2.24) is 15.1 Å². The molecule has 2 heterocycles. The molecule has 3 rings (SSSR count). The van der Waals surface area contributed by atoms with Gasteiger partial charge in [0.25, 0.3) is 5.91 Å². The maximum absolute atomic E-state index is 11.8. The van der Waals surface area contributed by atoms with Gasteiger partial charge in [0.05, 0.1) is 30.3 Å². The fourth-order valence-corrected chi connectivity index (χ4v) is 3.06. The standard InChI is InChI=1S/C18H16N6O7S/c1-29-14-5-11(3-4-13(14)31-10-23-9-12(8-20-23)24(27)28)7-19-22-18-21-17(26)15(32-18)6-16(25)30-2/h3-9H,10H2,1-2H3,(H,21,22,26)/b15-6+,19-7?. The maximum Gasteiger partial charge on any atom is 0.331 e. The molecule has 0 unspecified atom stereocenters. The first-order valence-corrected chi connectivity index (χ1v) is 9.59. The molecule has 0 spiro atoms. The van der Waals surface area contributed by atoms with E-state index in [1.165, 1.54) is 31.3 Å². The molecule has 1 amide bonds. The number of benzene rings is 1. The number of nitro groups is 1. The summed E-state index contributed by atoms with van der Waals surface area (Å²) in [6, 6.07) is 4.97. The molecular weight excluding hydrogens is 444 g/mol. The van der Waals surface area contributed by atoms with Gasteiger partial charge in [0.2, 0.25) is 0 Å². The summed E-state index contributed by atoms with van der Waals surface area (Å²) in [5, 5.41) is 25.1. The number of ether oxygens (including phenoxy) is 3. The molecular formula is C18H16N6O7S. The highest BCUT2D eigenvalue weighted by atomic mass is 32.2. The number of aromatic nitrogens is 2. The molecule has 1 saturated heterocycles. The van der Waals surface area contributed by atoms with E-state index in [4.69, 9.17) is 9.47 Å². The Morgan fingerprint density at radius 2 is 2.19 bits per heavy atom. The number of carbonyl (C=O) groups excluding carboxylic acids is 2. The van der Waals surface area contributed by atoms with E-state index in [1.54, 1.807) is 18.2 Å². The third-order valence-electron chi connectivity index (χ3n) is 3.83. The summed E-state index contributed by atoms with van der Waals surface area (Å²) in [6.45, 7) is -0.0519. The third kappa shape index (κ3) is 5.69. The average molecular weight is 460 g/mol. The summed E-state index contributed by atoms with van der Waals surface area (Å²) in [5.74, 6) is -0.326. The lowest BCUT2D eigenvalue weighted by Crippen LogP contribution is -2.19. The van der Waals surface area contributed by atoms with Crippen LogP contribution in [0, 0.1) is 10.1 Å². The Labute approximate surface area is 184 Å². The highest BCUT2D eigenvalue weighted by molar-refractivity contribution is 8.18. The molecule has 32 heavy (non-hydrogen) atoms. The van der Waals surface area contributed by atoms with Crippen LogP contribution in [0.3, 0.4) is 0 Å². The Morgan fingerprint density at radius 3 is 2.88 bits per heavy atom. The van der Waals surface area contributed by atoms with Crippen LogP contribution in [0.1, 0.15) is 5.56 Å². The first kappa shape index (κ1) is 22.5. The van der Waals surface area contributed by atoms with E-state index in [9.17, 15) is 19.7 Å². The molecule has 0 saturated carbocycles. The summed E-state index contributed by atoms with van der Waals surface area (Å²) in [5.41, 5.74) is 0.492. The van der Waals surface area contributed by atoms with E-state index < -0.39 is 16.8 Å². The summed E-state index contributed by atoms with van der Waals surface area (Å²) in [6.07, 6.45) is 4.88. The Bertz CT molecular complexity index is 1140. The quantitative estimate of drug-likeness (QED) is 0.202. The SMILES string of the molecule is COC(=O)/C=C1/S/C(=N\N=Cc2ccc(OCn3cc([N+](=O)[O-])cn3)c(OC)c2)NC1=O. The van der Waals surface area contributed by atoms with Gasteiger partial charge < -0.3 is 14.2 Å². The van der Waals surface area contributed by atoms with Gasteiger partial charge in [-0.15, -0.1) is 5.10 Å². The van der Waals surface area contributed by atoms with Crippen LogP contribution in [0.5, 0.6) is 11.5 Å². The van der Waals surface area contributed by atoms with Gasteiger partial charge in [-0.05, 0) is 35.5 Å². The molecule has 166 valence electrons. The van der Waals surface area contributed by atoms with Gasteiger partial charge in [0.1, 0.15) is 12.4 Å². The van der Waals surface area contributed by atoms with Crippen molar-refractivity contribution in [2.24, 2.45) is 10.2 Å². The van der Waals surface area contributed by atoms with Crippen molar-refractivity contribution < 1.29 is 28.7 Å². The van der Waals surface area contributed by atoms with E-state index in [0.717, 1.165) is 24.0 Å². The molecule has 1 aromatic carbocycles.